The zero-order valence-electron chi connectivity index (χ0n) is 29.6. The summed E-state index contributed by atoms with van der Waals surface area (Å²) < 4.78 is 2.60. The van der Waals surface area contributed by atoms with Crippen molar-refractivity contribution in [2.24, 2.45) is 0 Å². The van der Waals surface area contributed by atoms with Crippen molar-refractivity contribution in [3.63, 3.8) is 0 Å². The predicted octanol–water partition coefficient (Wildman–Crippen LogP) is 15.3. The number of hydrogen-bond acceptors (Lipinski definition) is 2. The third-order valence-electron chi connectivity index (χ3n) is 10.4. The Morgan fingerprint density at radius 3 is 1.61 bits per heavy atom. The summed E-state index contributed by atoms with van der Waals surface area (Å²) in [5.74, 6) is 0. The van der Waals surface area contributed by atoms with Crippen LogP contribution in [0.5, 0.6) is 0 Å². The third kappa shape index (κ3) is 5.84. The Labute approximate surface area is 319 Å². The van der Waals surface area contributed by atoms with E-state index >= 15 is 0 Å². The van der Waals surface area contributed by atoms with Gasteiger partial charge in [-0.15, -0.1) is 11.3 Å². The first kappa shape index (κ1) is 32.0. The van der Waals surface area contributed by atoms with E-state index in [4.69, 9.17) is 0 Å². The Balaban J connectivity index is 1.22. The molecular weight excluding hydrogens is 671 g/mol. The maximum atomic E-state index is 2.46. The van der Waals surface area contributed by atoms with Gasteiger partial charge in [0.1, 0.15) is 0 Å². The SMILES string of the molecule is c1ccc(-c2cc(-c3ccccc3)cc(N(c3ccc4sc5ccccc5c4c3)c3ccccc3-c3cccc(-c4cccc5ccccc45)c3)c2)cc1. The van der Waals surface area contributed by atoms with Crippen molar-refractivity contribution in [1.82, 2.24) is 0 Å². The molecule has 54 heavy (non-hydrogen) atoms. The molecule has 1 nitrogen and oxygen atoms in total. The minimum absolute atomic E-state index is 1.10. The number of thiophene rings is 1. The summed E-state index contributed by atoms with van der Waals surface area (Å²) in [6.45, 7) is 0. The van der Waals surface area contributed by atoms with Crippen LogP contribution < -0.4 is 4.90 Å². The molecule has 0 saturated carbocycles. The lowest BCUT2D eigenvalue weighted by Gasteiger charge is -2.29. The Bertz CT molecular complexity index is 2880. The van der Waals surface area contributed by atoms with Crippen molar-refractivity contribution in [2.45, 2.75) is 0 Å². The van der Waals surface area contributed by atoms with Crippen LogP contribution in [0, 0.1) is 0 Å². The van der Waals surface area contributed by atoms with Gasteiger partial charge in [-0.2, -0.15) is 0 Å². The van der Waals surface area contributed by atoms with Crippen LogP contribution in [0.3, 0.4) is 0 Å². The van der Waals surface area contributed by atoms with E-state index < -0.39 is 0 Å². The van der Waals surface area contributed by atoms with Gasteiger partial charge in [0.05, 0.1) is 5.69 Å². The fourth-order valence-electron chi connectivity index (χ4n) is 7.86. The van der Waals surface area contributed by atoms with Gasteiger partial charge in [0.2, 0.25) is 0 Å². The second kappa shape index (κ2) is 13.7. The average molecular weight is 706 g/mol. The van der Waals surface area contributed by atoms with Gasteiger partial charge in [-0.3, -0.25) is 0 Å². The van der Waals surface area contributed by atoms with E-state index in [0.29, 0.717) is 0 Å². The van der Waals surface area contributed by atoms with Gasteiger partial charge in [0.15, 0.2) is 0 Å². The minimum Gasteiger partial charge on any atom is -0.310 e. The van der Waals surface area contributed by atoms with E-state index in [0.717, 1.165) is 17.1 Å². The number of fused-ring (bicyclic) bond motifs is 4. The molecule has 2 heteroatoms. The lowest BCUT2D eigenvalue weighted by Crippen LogP contribution is -2.11. The summed E-state index contributed by atoms with van der Waals surface area (Å²) in [6.07, 6.45) is 0. The van der Waals surface area contributed by atoms with Crippen molar-refractivity contribution in [3.8, 4) is 44.5 Å². The molecule has 10 aromatic rings. The van der Waals surface area contributed by atoms with Gasteiger partial charge in [0.25, 0.3) is 0 Å². The molecule has 0 saturated heterocycles. The first-order valence-corrected chi connectivity index (χ1v) is 19.2. The fourth-order valence-corrected chi connectivity index (χ4v) is 8.95. The predicted molar refractivity (Wildman–Crippen MR) is 233 cm³/mol. The van der Waals surface area contributed by atoms with Crippen molar-refractivity contribution in [3.05, 3.63) is 212 Å². The summed E-state index contributed by atoms with van der Waals surface area (Å²) in [7, 11) is 0. The lowest BCUT2D eigenvalue weighted by molar-refractivity contribution is 1.29. The van der Waals surface area contributed by atoms with Crippen LogP contribution >= 0.6 is 11.3 Å². The molecule has 0 fully saturated rings. The first-order chi connectivity index (χ1) is 26.8. The number of benzene rings is 9. The summed E-state index contributed by atoms with van der Waals surface area (Å²) >= 11 is 1.85. The van der Waals surface area contributed by atoms with Crippen molar-refractivity contribution in [1.29, 1.82) is 0 Å². The van der Waals surface area contributed by atoms with Gasteiger partial charge in [0, 0.05) is 37.1 Å². The molecule has 1 heterocycles. The molecule has 0 amide bonds. The van der Waals surface area contributed by atoms with Crippen LogP contribution in [0.15, 0.2) is 212 Å². The van der Waals surface area contributed by atoms with Gasteiger partial charge in [-0.25, -0.2) is 0 Å². The van der Waals surface area contributed by atoms with Gasteiger partial charge in [-0.05, 0) is 104 Å². The van der Waals surface area contributed by atoms with Crippen molar-refractivity contribution >= 4 is 59.3 Å². The number of nitrogens with zero attached hydrogens (tertiary/aromatic N) is 1. The summed E-state index contributed by atoms with van der Waals surface area (Å²) in [5, 5.41) is 5.07. The highest BCUT2D eigenvalue weighted by Crippen LogP contribution is 2.46. The maximum absolute atomic E-state index is 2.46. The van der Waals surface area contributed by atoms with E-state index in [9.17, 15) is 0 Å². The van der Waals surface area contributed by atoms with E-state index in [1.807, 2.05) is 11.3 Å². The molecule has 0 aliphatic heterocycles. The molecule has 10 rings (SSSR count). The first-order valence-electron chi connectivity index (χ1n) is 18.4. The maximum Gasteiger partial charge on any atom is 0.0540 e. The highest BCUT2D eigenvalue weighted by Gasteiger charge is 2.21. The number of para-hydroxylation sites is 1. The van der Waals surface area contributed by atoms with E-state index in [1.54, 1.807) is 0 Å². The zero-order chi connectivity index (χ0) is 35.8. The number of anilines is 3. The standard InChI is InChI=1S/C52H35NS/c1-3-15-36(16-4-1)41-32-42(37-17-5-2-6-18-37)34-44(33-41)53(43-29-30-52-49(35-43)48-25-10-12-28-51(48)54-52)50-27-11-9-24-47(50)40-22-13-21-39(31-40)46-26-14-20-38-19-7-8-23-45(38)46/h1-35H. The minimum atomic E-state index is 1.10. The van der Waals surface area contributed by atoms with Crippen LogP contribution in [-0.4, -0.2) is 0 Å². The van der Waals surface area contributed by atoms with Crippen LogP contribution in [0.25, 0.3) is 75.5 Å². The van der Waals surface area contributed by atoms with Gasteiger partial charge >= 0.3 is 0 Å². The molecule has 0 spiro atoms. The molecule has 0 aliphatic carbocycles. The molecule has 1 aromatic heterocycles. The Morgan fingerprint density at radius 1 is 0.296 bits per heavy atom. The Kier molecular flexibility index (Phi) is 8.09. The number of hydrogen-bond donors (Lipinski definition) is 0. The third-order valence-corrected chi connectivity index (χ3v) is 11.6. The molecule has 0 atom stereocenters. The smallest absolute Gasteiger partial charge is 0.0540 e. The van der Waals surface area contributed by atoms with Gasteiger partial charge < -0.3 is 4.90 Å². The average Bonchev–Trinajstić information content (AvgIpc) is 3.62. The van der Waals surface area contributed by atoms with E-state index in [2.05, 4.69) is 217 Å². The van der Waals surface area contributed by atoms with Gasteiger partial charge in [-0.1, -0.05) is 158 Å². The topological polar surface area (TPSA) is 3.24 Å². The van der Waals surface area contributed by atoms with Crippen molar-refractivity contribution in [2.75, 3.05) is 4.90 Å². The Hall–Kier alpha value is -6.74. The lowest BCUT2D eigenvalue weighted by atomic mass is 9.94. The van der Waals surface area contributed by atoms with Crippen LogP contribution in [0.1, 0.15) is 0 Å². The second-order valence-corrected chi connectivity index (χ2v) is 14.8. The summed E-state index contributed by atoms with van der Waals surface area (Å²) in [4.78, 5) is 2.46. The quantitative estimate of drug-likeness (QED) is 0.160. The van der Waals surface area contributed by atoms with Crippen LogP contribution in [0.2, 0.25) is 0 Å². The van der Waals surface area contributed by atoms with Crippen LogP contribution in [0.4, 0.5) is 17.1 Å². The number of rotatable bonds is 7. The Morgan fingerprint density at radius 2 is 0.833 bits per heavy atom. The molecule has 0 bridgehead atoms. The molecule has 9 aromatic carbocycles. The molecule has 0 N–H and O–H groups in total. The fraction of sp³-hybridized carbons (Fsp3) is 0. The molecule has 0 aliphatic rings. The normalized spacial score (nSPS) is 11.3. The van der Waals surface area contributed by atoms with E-state index in [1.165, 1.54) is 75.5 Å². The highest BCUT2D eigenvalue weighted by molar-refractivity contribution is 7.25. The zero-order valence-corrected chi connectivity index (χ0v) is 30.4. The second-order valence-electron chi connectivity index (χ2n) is 13.7. The van der Waals surface area contributed by atoms with Crippen molar-refractivity contribution < 1.29 is 0 Å². The molecule has 0 radical (unpaired) electrons. The summed E-state index contributed by atoms with van der Waals surface area (Å²) in [5.41, 5.74) is 12.8. The molecular formula is C52H35NS. The summed E-state index contributed by atoms with van der Waals surface area (Å²) in [6, 6.07) is 77.3. The van der Waals surface area contributed by atoms with Crippen LogP contribution in [-0.2, 0) is 0 Å². The molecule has 0 unspecified atom stereocenters. The monoisotopic (exact) mass is 705 g/mol. The molecule has 254 valence electrons. The van der Waals surface area contributed by atoms with E-state index in [-0.39, 0.29) is 0 Å². The highest BCUT2D eigenvalue weighted by atomic mass is 32.1. The largest absolute Gasteiger partial charge is 0.310 e.